The predicted octanol–water partition coefficient (Wildman–Crippen LogP) is 4.18. The molecule has 3 rings (SSSR count). The first-order chi connectivity index (χ1) is 10.2. The van der Waals surface area contributed by atoms with Crippen LogP contribution in [-0.4, -0.2) is 18.8 Å². The summed E-state index contributed by atoms with van der Waals surface area (Å²) in [6.07, 6.45) is 3.56. The second-order valence-electron chi connectivity index (χ2n) is 5.83. The molecule has 3 atom stereocenters. The van der Waals surface area contributed by atoms with Crippen molar-refractivity contribution in [3.05, 3.63) is 35.8 Å². The van der Waals surface area contributed by atoms with E-state index in [9.17, 15) is 4.39 Å². The number of fused-ring (bicyclic) bond motifs is 1. The average molecular weight is 291 g/mol. The standard InChI is InChI=1S/C17H22FNO2/c1-3-8-19-17(15-6-4-11(2)20-15)16-10-12-9-13(18)5-7-14(12)21-16/h5,7,9-11,15,17,19H,3-4,6,8H2,1-2H3. The number of halogens is 1. The highest BCUT2D eigenvalue weighted by Gasteiger charge is 2.32. The summed E-state index contributed by atoms with van der Waals surface area (Å²) in [5, 5.41) is 4.32. The normalized spacial score (nSPS) is 23.8. The molecule has 2 heterocycles. The molecule has 2 aromatic rings. The van der Waals surface area contributed by atoms with Crippen LogP contribution in [-0.2, 0) is 4.74 Å². The van der Waals surface area contributed by atoms with Crippen LogP contribution in [0.4, 0.5) is 4.39 Å². The molecule has 1 aromatic heterocycles. The second-order valence-corrected chi connectivity index (χ2v) is 5.83. The first-order valence-electron chi connectivity index (χ1n) is 7.75. The van der Waals surface area contributed by atoms with E-state index in [4.69, 9.17) is 9.15 Å². The number of ether oxygens (including phenoxy) is 1. The van der Waals surface area contributed by atoms with Gasteiger partial charge in [0.25, 0.3) is 0 Å². The molecule has 1 aromatic carbocycles. The summed E-state index contributed by atoms with van der Waals surface area (Å²) in [4.78, 5) is 0. The van der Waals surface area contributed by atoms with E-state index in [0.717, 1.165) is 42.5 Å². The lowest BCUT2D eigenvalue weighted by Gasteiger charge is -2.23. The van der Waals surface area contributed by atoms with Crippen LogP contribution in [0, 0.1) is 5.82 Å². The Hall–Kier alpha value is -1.39. The molecule has 3 unspecified atom stereocenters. The lowest BCUT2D eigenvalue weighted by molar-refractivity contribution is 0.0271. The summed E-state index contributed by atoms with van der Waals surface area (Å²) in [6, 6.07) is 6.59. The van der Waals surface area contributed by atoms with Crippen molar-refractivity contribution < 1.29 is 13.5 Å². The topological polar surface area (TPSA) is 34.4 Å². The molecule has 114 valence electrons. The quantitative estimate of drug-likeness (QED) is 0.897. The zero-order chi connectivity index (χ0) is 14.8. The van der Waals surface area contributed by atoms with Crippen LogP contribution in [0.1, 0.15) is 44.9 Å². The maximum atomic E-state index is 13.3. The van der Waals surface area contributed by atoms with Crippen molar-refractivity contribution in [2.45, 2.75) is 51.4 Å². The van der Waals surface area contributed by atoms with Gasteiger partial charge in [-0.15, -0.1) is 0 Å². The smallest absolute Gasteiger partial charge is 0.134 e. The number of furan rings is 1. The van der Waals surface area contributed by atoms with Crippen molar-refractivity contribution in [3.8, 4) is 0 Å². The molecule has 1 saturated heterocycles. The molecule has 0 radical (unpaired) electrons. The first kappa shape index (κ1) is 14.5. The van der Waals surface area contributed by atoms with Gasteiger partial charge in [0.1, 0.15) is 17.2 Å². The third-order valence-corrected chi connectivity index (χ3v) is 4.05. The van der Waals surface area contributed by atoms with Crippen molar-refractivity contribution >= 4 is 11.0 Å². The second kappa shape index (κ2) is 6.16. The third-order valence-electron chi connectivity index (χ3n) is 4.05. The van der Waals surface area contributed by atoms with Crippen molar-refractivity contribution in [1.82, 2.24) is 5.32 Å². The van der Waals surface area contributed by atoms with Gasteiger partial charge in [0, 0.05) is 5.39 Å². The lowest BCUT2D eigenvalue weighted by atomic mass is 10.0. The van der Waals surface area contributed by atoms with Gasteiger partial charge in [0.15, 0.2) is 0 Å². The molecule has 1 aliphatic heterocycles. The summed E-state index contributed by atoms with van der Waals surface area (Å²) in [5.41, 5.74) is 0.723. The first-order valence-corrected chi connectivity index (χ1v) is 7.75. The van der Waals surface area contributed by atoms with Gasteiger partial charge in [-0.2, -0.15) is 0 Å². The summed E-state index contributed by atoms with van der Waals surface area (Å²) < 4.78 is 25.2. The minimum Gasteiger partial charge on any atom is -0.459 e. The van der Waals surface area contributed by atoms with E-state index in [0.29, 0.717) is 6.10 Å². The van der Waals surface area contributed by atoms with Gasteiger partial charge in [0.2, 0.25) is 0 Å². The Balaban J connectivity index is 1.89. The van der Waals surface area contributed by atoms with E-state index in [-0.39, 0.29) is 18.0 Å². The predicted molar refractivity (Wildman–Crippen MR) is 80.8 cm³/mol. The Labute approximate surface area is 124 Å². The Morgan fingerprint density at radius 3 is 2.90 bits per heavy atom. The van der Waals surface area contributed by atoms with Gasteiger partial charge >= 0.3 is 0 Å². The lowest BCUT2D eigenvalue weighted by Crippen LogP contribution is -2.32. The Morgan fingerprint density at radius 1 is 1.33 bits per heavy atom. The van der Waals surface area contributed by atoms with Crippen molar-refractivity contribution in [2.24, 2.45) is 0 Å². The maximum Gasteiger partial charge on any atom is 0.134 e. The van der Waals surface area contributed by atoms with Crippen LogP contribution in [0.3, 0.4) is 0 Å². The molecular weight excluding hydrogens is 269 g/mol. The Morgan fingerprint density at radius 2 is 2.19 bits per heavy atom. The largest absolute Gasteiger partial charge is 0.459 e. The van der Waals surface area contributed by atoms with E-state index in [1.165, 1.54) is 12.1 Å². The molecule has 4 heteroatoms. The highest BCUT2D eigenvalue weighted by molar-refractivity contribution is 5.78. The number of hydrogen-bond acceptors (Lipinski definition) is 3. The monoisotopic (exact) mass is 291 g/mol. The highest BCUT2D eigenvalue weighted by Crippen LogP contribution is 2.33. The molecule has 0 saturated carbocycles. The van der Waals surface area contributed by atoms with Gasteiger partial charge < -0.3 is 14.5 Å². The van der Waals surface area contributed by atoms with Crippen LogP contribution in [0.25, 0.3) is 11.0 Å². The average Bonchev–Trinajstić information content (AvgIpc) is 3.05. The fourth-order valence-corrected chi connectivity index (χ4v) is 2.98. The Kier molecular flexibility index (Phi) is 4.27. The van der Waals surface area contributed by atoms with Gasteiger partial charge in [0.05, 0.1) is 18.2 Å². The minimum absolute atomic E-state index is 0.0327. The van der Waals surface area contributed by atoms with E-state index in [1.54, 1.807) is 6.07 Å². The molecule has 1 aliphatic rings. The fourth-order valence-electron chi connectivity index (χ4n) is 2.98. The zero-order valence-corrected chi connectivity index (χ0v) is 12.6. The van der Waals surface area contributed by atoms with Crippen molar-refractivity contribution in [3.63, 3.8) is 0 Å². The number of benzene rings is 1. The summed E-state index contributed by atoms with van der Waals surface area (Å²) in [5.74, 6) is 0.599. The zero-order valence-electron chi connectivity index (χ0n) is 12.6. The van der Waals surface area contributed by atoms with Crippen LogP contribution in [0.15, 0.2) is 28.7 Å². The van der Waals surface area contributed by atoms with Gasteiger partial charge in [-0.3, -0.25) is 0 Å². The summed E-state index contributed by atoms with van der Waals surface area (Å²) >= 11 is 0. The third kappa shape index (κ3) is 3.11. The van der Waals surface area contributed by atoms with Crippen LogP contribution in [0.2, 0.25) is 0 Å². The molecule has 1 N–H and O–H groups in total. The number of hydrogen-bond donors (Lipinski definition) is 1. The highest BCUT2D eigenvalue weighted by atomic mass is 19.1. The molecule has 0 bridgehead atoms. The van der Waals surface area contributed by atoms with Crippen LogP contribution >= 0.6 is 0 Å². The van der Waals surface area contributed by atoms with Gasteiger partial charge in [-0.25, -0.2) is 4.39 Å². The molecule has 21 heavy (non-hydrogen) atoms. The van der Waals surface area contributed by atoms with Gasteiger partial charge in [-0.1, -0.05) is 6.92 Å². The summed E-state index contributed by atoms with van der Waals surface area (Å²) in [7, 11) is 0. The number of nitrogens with one attached hydrogen (secondary N) is 1. The molecule has 3 nitrogen and oxygen atoms in total. The van der Waals surface area contributed by atoms with E-state index in [2.05, 4.69) is 19.2 Å². The molecule has 0 aliphatic carbocycles. The van der Waals surface area contributed by atoms with Crippen LogP contribution in [0.5, 0.6) is 0 Å². The molecule has 0 amide bonds. The molecule has 0 spiro atoms. The number of rotatable bonds is 5. The van der Waals surface area contributed by atoms with Crippen molar-refractivity contribution in [2.75, 3.05) is 6.54 Å². The van der Waals surface area contributed by atoms with E-state index < -0.39 is 0 Å². The Bertz CT molecular complexity index is 610. The maximum absolute atomic E-state index is 13.3. The fraction of sp³-hybridized carbons (Fsp3) is 0.529. The SMILES string of the molecule is CCCNC(c1cc2cc(F)ccc2o1)C1CCC(C)O1. The van der Waals surface area contributed by atoms with Crippen LogP contribution < -0.4 is 5.32 Å². The van der Waals surface area contributed by atoms with E-state index >= 15 is 0 Å². The molecular formula is C17H22FNO2. The van der Waals surface area contributed by atoms with Gasteiger partial charge in [-0.05, 0) is 57.0 Å². The summed E-state index contributed by atoms with van der Waals surface area (Å²) in [6.45, 7) is 5.14. The van der Waals surface area contributed by atoms with E-state index in [1.807, 2.05) is 6.07 Å². The van der Waals surface area contributed by atoms with Crippen molar-refractivity contribution in [1.29, 1.82) is 0 Å². The molecule has 1 fully saturated rings. The minimum atomic E-state index is -0.237.